The van der Waals surface area contributed by atoms with Gasteiger partial charge in [-0.15, -0.1) is 11.3 Å². The number of rotatable bonds is 6. The summed E-state index contributed by atoms with van der Waals surface area (Å²) in [7, 11) is 0. The highest BCUT2D eigenvalue weighted by atomic mass is 32.1. The van der Waals surface area contributed by atoms with Crippen LogP contribution in [0.1, 0.15) is 78.2 Å². The van der Waals surface area contributed by atoms with Gasteiger partial charge in [0.05, 0.1) is 11.7 Å². The molecule has 8 heteroatoms. The van der Waals surface area contributed by atoms with E-state index in [2.05, 4.69) is 24.1 Å². The molecular weight excluding hydrogens is 450 g/mol. The SMILES string of the molecule is Cc1cccc(C(C)C)c1NC(=O)Cn1cnc2sc(C(=O)OC3CCCCC3)c(C)c2c1=O. The zero-order valence-corrected chi connectivity index (χ0v) is 21.0. The van der Waals surface area contributed by atoms with Crippen LogP contribution in [0.15, 0.2) is 29.3 Å². The van der Waals surface area contributed by atoms with E-state index in [-0.39, 0.29) is 30.0 Å². The number of carbonyl (C=O) groups is 2. The summed E-state index contributed by atoms with van der Waals surface area (Å²) in [4.78, 5) is 44.1. The number of amides is 1. The quantitative estimate of drug-likeness (QED) is 0.481. The van der Waals surface area contributed by atoms with Crippen molar-refractivity contribution in [1.82, 2.24) is 9.55 Å². The summed E-state index contributed by atoms with van der Waals surface area (Å²) in [6, 6.07) is 5.92. The van der Waals surface area contributed by atoms with Crippen LogP contribution in [0, 0.1) is 13.8 Å². The first-order chi connectivity index (χ1) is 16.3. The van der Waals surface area contributed by atoms with Crippen LogP contribution in [-0.4, -0.2) is 27.5 Å². The molecule has 2 aromatic heterocycles. The van der Waals surface area contributed by atoms with Gasteiger partial charge in [0.25, 0.3) is 5.56 Å². The van der Waals surface area contributed by atoms with Crippen molar-refractivity contribution in [2.24, 2.45) is 0 Å². The average molecular weight is 482 g/mol. The molecule has 1 fully saturated rings. The van der Waals surface area contributed by atoms with Gasteiger partial charge in [0.2, 0.25) is 5.91 Å². The van der Waals surface area contributed by atoms with Crippen molar-refractivity contribution in [3.05, 3.63) is 56.4 Å². The van der Waals surface area contributed by atoms with Crippen LogP contribution in [0.25, 0.3) is 10.2 Å². The van der Waals surface area contributed by atoms with Crippen molar-refractivity contribution in [2.45, 2.75) is 78.4 Å². The van der Waals surface area contributed by atoms with Crippen LogP contribution in [0.5, 0.6) is 0 Å². The van der Waals surface area contributed by atoms with E-state index < -0.39 is 5.97 Å². The second kappa shape index (κ2) is 10.1. The predicted octanol–water partition coefficient (Wildman–Crippen LogP) is 5.33. The van der Waals surface area contributed by atoms with E-state index in [0.717, 1.165) is 42.5 Å². The molecule has 1 amide bonds. The van der Waals surface area contributed by atoms with Crippen LogP contribution in [0.3, 0.4) is 0 Å². The summed E-state index contributed by atoms with van der Waals surface area (Å²) < 4.78 is 6.99. The fraction of sp³-hybridized carbons (Fsp3) is 0.462. The standard InChI is InChI=1S/C26H31N3O4S/c1-15(2)19-12-8-9-16(3)22(19)28-20(30)13-29-14-27-24-21(25(29)31)17(4)23(34-24)26(32)33-18-10-6-5-7-11-18/h8-9,12,14-15,18H,5-7,10-11,13H2,1-4H3,(H,28,30). The van der Waals surface area contributed by atoms with E-state index in [9.17, 15) is 14.4 Å². The maximum atomic E-state index is 13.2. The number of nitrogens with zero attached hydrogens (tertiary/aromatic N) is 2. The van der Waals surface area contributed by atoms with Gasteiger partial charge in [-0.05, 0) is 62.1 Å². The molecule has 0 spiro atoms. The van der Waals surface area contributed by atoms with Crippen LogP contribution in [-0.2, 0) is 16.1 Å². The number of carbonyl (C=O) groups excluding carboxylic acids is 2. The number of para-hydroxylation sites is 1. The number of hydrogen-bond donors (Lipinski definition) is 1. The fourth-order valence-electron chi connectivity index (χ4n) is 4.53. The minimum Gasteiger partial charge on any atom is -0.458 e. The lowest BCUT2D eigenvalue weighted by atomic mass is 9.98. The lowest BCUT2D eigenvalue weighted by Gasteiger charge is -2.21. The minimum absolute atomic E-state index is 0.0589. The third-order valence-corrected chi connectivity index (χ3v) is 7.61. The lowest BCUT2D eigenvalue weighted by Crippen LogP contribution is -2.28. The molecule has 4 rings (SSSR count). The van der Waals surface area contributed by atoms with Crippen molar-refractivity contribution < 1.29 is 14.3 Å². The monoisotopic (exact) mass is 481 g/mol. The molecule has 0 unspecified atom stereocenters. The largest absolute Gasteiger partial charge is 0.458 e. The highest BCUT2D eigenvalue weighted by Gasteiger charge is 2.24. The lowest BCUT2D eigenvalue weighted by molar-refractivity contribution is -0.116. The number of aryl methyl sites for hydroxylation is 2. The van der Waals surface area contributed by atoms with E-state index in [0.29, 0.717) is 20.7 Å². The van der Waals surface area contributed by atoms with Gasteiger partial charge in [-0.2, -0.15) is 0 Å². The number of thiophene rings is 1. The zero-order valence-electron chi connectivity index (χ0n) is 20.1. The number of anilines is 1. The van der Waals surface area contributed by atoms with E-state index in [4.69, 9.17) is 4.74 Å². The Morgan fingerprint density at radius 1 is 1.21 bits per heavy atom. The first-order valence-corrected chi connectivity index (χ1v) is 12.7. The van der Waals surface area contributed by atoms with Gasteiger partial charge in [0.15, 0.2) is 0 Å². The molecular formula is C26H31N3O4S. The average Bonchev–Trinajstić information content (AvgIpc) is 3.14. The maximum absolute atomic E-state index is 13.2. The number of fused-ring (bicyclic) bond motifs is 1. The van der Waals surface area contributed by atoms with Crippen molar-refractivity contribution in [3.63, 3.8) is 0 Å². The van der Waals surface area contributed by atoms with E-state index in [1.165, 1.54) is 28.7 Å². The molecule has 3 aromatic rings. The Kier molecular flexibility index (Phi) is 7.16. The zero-order chi connectivity index (χ0) is 24.4. The molecule has 1 aliphatic rings. The molecule has 1 saturated carbocycles. The first-order valence-electron chi connectivity index (χ1n) is 11.8. The molecule has 34 heavy (non-hydrogen) atoms. The topological polar surface area (TPSA) is 90.3 Å². The summed E-state index contributed by atoms with van der Waals surface area (Å²) in [5, 5.41) is 3.34. The van der Waals surface area contributed by atoms with Gasteiger partial charge in [0, 0.05) is 5.69 Å². The molecule has 0 saturated heterocycles. The molecule has 0 atom stereocenters. The molecule has 1 aliphatic carbocycles. The van der Waals surface area contributed by atoms with Gasteiger partial charge in [-0.25, -0.2) is 9.78 Å². The second-order valence-corrected chi connectivity index (χ2v) is 10.3. The highest BCUT2D eigenvalue weighted by molar-refractivity contribution is 7.20. The van der Waals surface area contributed by atoms with Crippen molar-refractivity contribution >= 4 is 39.1 Å². The molecule has 7 nitrogen and oxygen atoms in total. The normalized spacial score (nSPS) is 14.5. The fourth-order valence-corrected chi connectivity index (χ4v) is 5.55. The Hall–Kier alpha value is -3.00. The number of aromatic nitrogens is 2. The van der Waals surface area contributed by atoms with E-state index in [1.807, 2.05) is 25.1 Å². The van der Waals surface area contributed by atoms with Gasteiger partial charge in [-0.1, -0.05) is 38.5 Å². The number of hydrogen-bond acceptors (Lipinski definition) is 6. The second-order valence-electron chi connectivity index (χ2n) is 9.32. The summed E-state index contributed by atoms with van der Waals surface area (Å²) in [6.45, 7) is 7.67. The summed E-state index contributed by atoms with van der Waals surface area (Å²) in [5.74, 6) is -0.447. The Balaban J connectivity index is 1.56. The van der Waals surface area contributed by atoms with Crippen LogP contribution in [0.4, 0.5) is 5.69 Å². The number of esters is 1. The Labute approximate surface area is 203 Å². The van der Waals surface area contributed by atoms with Gasteiger partial charge >= 0.3 is 5.97 Å². The summed E-state index contributed by atoms with van der Waals surface area (Å²) >= 11 is 1.17. The van der Waals surface area contributed by atoms with Crippen LogP contribution in [0.2, 0.25) is 0 Å². The Bertz CT molecular complexity index is 1290. The number of benzene rings is 1. The molecule has 1 aromatic carbocycles. The summed E-state index contributed by atoms with van der Waals surface area (Å²) in [6.07, 6.45) is 6.39. The molecule has 0 radical (unpaired) electrons. The third kappa shape index (κ3) is 4.92. The molecule has 0 aliphatic heterocycles. The van der Waals surface area contributed by atoms with Gasteiger partial charge in [0.1, 0.15) is 22.4 Å². The van der Waals surface area contributed by atoms with E-state index in [1.54, 1.807) is 6.92 Å². The van der Waals surface area contributed by atoms with Crippen molar-refractivity contribution in [2.75, 3.05) is 5.32 Å². The van der Waals surface area contributed by atoms with Crippen molar-refractivity contribution in [3.8, 4) is 0 Å². The predicted molar refractivity (Wildman–Crippen MR) is 135 cm³/mol. The first kappa shape index (κ1) is 24.1. The molecule has 180 valence electrons. The van der Waals surface area contributed by atoms with Gasteiger partial charge in [-0.3, -0.25) is 14.2 Å². The number of ether oxygens (including phenoxy) is 1. The maximum Gasteiger partial charge on any atom is 0.348 e. The Morgan fingerprint density at radius 2 is 1.94 bits per heavy atom. The Morgan fingerprint density at radius 3 is 2.65 bits per heavy atom. The number of nitrogens with one attached hydrogen (secondary N) is 1. The van der Waals surface area contributed by atoms with Crippen molar-refractivity contribution in [1.29, 1.82) is 0 Å². The molecule has 2 heterocycles. The summed E-state index contributed by atoms with van der Waals surface area (Å²) in [5.41, 5.74) is 3.02. The minimum atomic E-state index is -0.392. The highest BCUT2D eigenvalue weighted by Crippen LogP contribution is 2.30. The smallest absolute Gasteiger partial charge is 0.348 e. The van der Waals surface area contributed by atoms with E-state index >= 15 is 0 Å². The van der Waals surface area contributed by atoms with Crippen LogP contribution >= 0.6 is 11.3 Å². The van der Waals surface area contributed by atoms with Gasteiger partial charge < -0.3 is 10.1 Å². The molecule has 0 bridgehead atoms. The van der Waals surface area contributed by atoms with Crippen LogP contribution < -0.4 is 10.9 Å². The third-order valence-electron chi connectivity index (χ3n) is 6.43. The molecule has 1 N–H and O–H groups in total.